The third kappa shape index (κ3) is 4.40. The first-order valence-electron chi connectivity index (χ1n) is 12.1. The van der Waals surface area contributed by atoms with Gasteiger partial charge in [0.1, 0.15) is 0 Å². The fraction of sp³-hybridized carbons (Fsp3) is 0.696. The van der Waals surface area contributed by atoms with E-state index in [0.717, 1.165) is 51.3 Å². The molecule has 4 amide bonds. The maximum absolute atomic E-state index is 12.5. The maximum Gasteiger partial charge on any atom is 0.434 e. The van der Waals surface area contributed by atoms with E-state index in [1.807, 2.05) is 11.8 Å². The van der Waals surface area contributed by atoms with Crippen LogP contribution < -0.4 is 0 Å². The SMILES string of the molecule is CC(=O)N1CCC(n2nc(C)cc2CN2CC3CN(C(=O)ON4C(=O)CCC4=O)CC3C2)CC1. The third-order valence-corrected chi connectivity index (χ3v) is 7.57. The largest absolute Gasteiger partial charge is 0.434 e. The van der Waals surface area contributed by atoms with Gasteiger partial charge in [0.05, 0.1) is 17.4 Å². The molecule has 2 unspecified atom stereocenters. The number of hydroxylamine groups is 2. The molecule has 2 atom stereocenters. The summed E-state index contributed by atoms with van der Waals surface area (Å²) in [6, 6.07) is 2.46. The van der Waals surface area contributed by atoms with E-state index in [9.17, 15) is 19.2 Å². The molecule has 5 rings (SSSR count). The van der Waals surface area contributed by atoms with Crippen molar-refractivity contribution >= 4 is 23.8 Å². The number of amides is 4. The molecule has 4 fully saturated rings. The van der Waals surface area contributed by atoms with Crippen molar-refractivity contribution in [1.29, 1.82) is 0 Å². The molecule has 0 bridgehead atoms. The highest BCUT2D eigenvalue weighted by Crippen LogP contribution is 2.33. The summed E-state index contributed by atoms with van der Waals surface area (Å²) in [5.41, 5.74) is 2.20. The van der Waals surface area contributed by atoms with Crippen LogP contribution in [0.4, 0.5) is 4.79 Å². The van der Waals surface area contributed by atoms with Gasteiger partial charge in [-0.15, -0.1) is 5.06 Å². The molecule has 4 aliphatic heterocycles. The number of aromatic nitrogens is 2. The Bertz CT molecular complexity index is 970. The number of hydrogen-bond donors (Lipinski definition) is 0. The van der Waals surface area contributed by atoms with E-state index in [-0.39, 0.29) is 18.7 Å². The molecule has 5 heterocycles. The van der Waals surface area contributed by atoms with Gasteiger partial charge in [-0.25, -0.2) is 4.79 Å². The quantitative estimate of drug-likeness (QED) is 0.600. The number of rotatable bonds is 4. The van der Waals surface area contributed by atoms with Crippen LogP contribution in [0.1, 0.15) is 50.0 Å². The van der Waals surface area contributed by atoms with Gasteiger partial charge in [0.25, 0.3) is 11.8 Å². The topological polar surface area (TPSA) is 108 Å². The second kappa shape index (κ2) is 9.01. The number of aryl methyl sites for hydroxylation is 1. The summed E-state index contributed by atoms with van der Waals surface area (Å²) >= 11 is 0. The predicted octanol–water partition coefficient (Wildman–Crippen LogP) is 0.939. The number of carbonyl (C=O) groups is 4. The Labute approximate surface area is 198 Å². The van der Waals surface area contributed by atoms with Gasteiger partial charge in [0.2, 0.25) is 5.91 Å². The monoisotopic (exact) mass is 472 g/mol. The van der Waals surface area contributed by atoms with Crippen LogP contribution in [0.15, 0.2) is 6.07 Å². The van der Waals surface area contributed by atoms with E-state index in [0.29, 0.717) is 36.0 Å². The Morgan fingerprint density at radius 3 is 2.21 bits per heavy atom. The highest BCUT2D eigenvalue weighted by Gasteiger charge is 2.44. The molecule has 0 N–H and O–H groups in total. The smallest absolute Gasteiger partial charge is 0.343 e. The van der Waals surface area contributed by atoms with Crippen molar-refractivity contribution in [1.82, 2.24) is 29.5 Å². The average molecular weight is 473 g/mol. The van der Waals surface area contributed by atoms with Gasteiger partial charge < -0.3 is 14.6 Å². The summed E-state index contributed by atoms with van der Waals surface area (Å²) in [5.74, 6) is -0.0938. The van der Waals surface area contributed by atoms with E-state index >= 15 is 0 Å². The summed E-state index contributed by atoms with van der Waals surface area (Å²) in [6.45, 7) is 8.88. The van der Waals surface area contributed by atoms with Crippen molar-refractivity contribution in [2.75, 3.05) is 39.3 Å². The number of fused-ring (bicyclic) bond motifs is 1. The molecule has 4 saturated heterocycles. The zero-order valence-corrected chi connectivity index (χ0v) is 19.8. The Morgan fingerprint density at radius 1 is 1.00 bits per heavy atom. The minimum atomic E-state index is -0.616. The van der Waals surface area contributed by atoms with Gasteiger partial charge in [-0.3, -0.25) is 24.0 Å². The normalized spacial score (nSPS) is 26.0. The fourth-order valence-electron chi connectivity index (χ4n) is 5.82. The summed E-state index contributed by atoms with van der Waals surface area (Å²) in [7, 11) is 0. The van der Waals surface area contributed by atoms with Gasteiger partial charge in [0.15, 0.2) is 0 Å². The molecule has 184 valence electrons. The molecule has 1 aromatic rings. The Kier molecular flexibility index (Phi) is 6.05. The van der Waals surface area contributed by atoms with Crippen molar-refractivity contribution in [2.24, 2.45) is 11.8 Å². The van der Waals surface area contributed by atoms with Crippen LogP contribution in [0.2, 0.25) is 0 Å². The second-order valence-electron chi connectivity index (χ2n) is 10.0. The summed E-state index contributed by atoms with van der Waals surface area (Å²) in [4.78, 5) is 58.6. The minimum absolute atomic E-state index is 0.0955. The van der Waals surface area contributed by atoms with E-state index < -0.39 is 17.9 Å². The molecule has 0 radical (unpaired) electrons. The summed E-state index contributed by atoms with van der Waals surface area (Å²) < 4.78 is 2.16. The van der Waals surface area contributed by atoms with Gasteiger partial charge in [0, 0.05) is 65.6 Å². The molecule has 0 aliphatic carbocycles. The summed E-state index contributed by atoms with van der Waals surface area (Å²) in [6.07, 6.45) is 1.40. The van der Waals surface area contributed by atoms with Crippen molar-refractivity contribution in [2.45, 2.75) is 52.1 Å². The van der Waals surface area contributed by atoms with Gasteiger partial charge in [-0.1, -0.05) is 0 Å². The molecule has 0 saturated carbocycles. The molecule has 0 aromatic carbocycles. The zero-order valence-electron chi connectivity index (χ0n) is 19.8. The maximum atomic E-state index is 12.5. The average Bonchev–Trinajstić information content (AvgIpc) is 3.54. The van der Waals surface area contributed by atoms with Crippen molar-refractivity contribution in [3.8, 4) is 0 Å². The van der Waals surface area contributed by atoms with Crippen molar-refractivity contribution in [3.63, 3.8) is 0 Å². The van der Waals surface area contributed by atoms with E-state index in [1.165, 1.54) is 5.69 Å². The number of piperidine rings is 1. The lowest BCUT2D eigenvalue weighted by Gasteiger charge is -2.32. The first-order valence-corrected chi connectivity index (χ1v) is 12.1. The highest BCUT2D eigenvalue weighted by molar-refractivity contribution is 6.01. The fourth-order valence-corrected chi connectivity index (χ4v) is 5.82. The van der Waals surface area contributed by atoms with Crippen LogP contribution in [0.3, 0.4) is 0 Å². The Balaban J connectivity index is 1.15. The standard InChI is InChI=1S/C23H32N6O5/c1-15-9-20(28(24-15)19-5-7-26(8-6-19)16(2)30)14-25-10-17-12-27(13-18(17)11-25)23(33)34-29-21(31)3-4-22(29)32/h9,17-19H,3-8,10-14H2,1-2H3. The molecule has 34 heavy (non-hydrogen) atoms. The van der Waals surface area contributed by atoms with Crippen molar-refractivity contribution in [3.05, 3.63) is 17.5 Å². The second-order valence-corrected chi connectivity index (χ2v) is 10.0. The lowest BCUT2D eigenvalue weighted by atomic mass is 10.0. The zero-order chi connectivity index (χ0) is 24.0. The minimum Gasteiger partial charge on any atom is -0.343 e. The van der Waals surface area contributed by atoms with Crippen LogP contribution in [-0.4, -0.2) is 92.6 Å². The van der Waals surface area contributed by atoms with Crippen LogP contribution in [0.5, 0.6) is 0 Å². The third-order valence-electron chi connectivity index (χ3n) is 7.57. The molecule has 0 spiro atoms. The number of nitrogens with zero attached hydrogens (tertiary/aromatic N) is 6. The van der Waals surface area contributed by atoms with E-state index in [2.05, 4.69) is 15.6 Å². The van der Waals surface area contributed by atoms with Gasteiger partial charge in [-0.05, 0) is 37.7 Å². The van der Waals surface area contributed by atoms with Gasteiger partial charge in [-0.2, -0.15) is 5.10 Å². The van der Waals surface area contributed by atoms with Crippen molar-refractivity contribution < 1.29 is 24.0 Å². The van der Waals surface area contributed by atoms with Crippen LogP contribution in [-0.2, 0) is 25.8 Å². The van der Waals surface area contributed by atoms with Crippen LogP contribution in [0, 0.1) is 18.8 Å². The number of likely N-dealkylation sites (tertiary alicyclic amines) is 3. The number of imide groups is 1. The van der Waals surface area contributed by atoms with Gasteiger partial charge >= 0.3 is 6.09 Å². The molecule has 4 aliphatic rings. The number of hydrogen-bond acceptors (Lipinski definition) is 7. The van der Waals surface area contributed by atoms with E-state index in [1.54, 1.807) is 11.8 Å². The number of carbonyl (C=O) groups excluding carboxylic acids is 4. The summed E-state index contributed by atoms with van der Waals surface area (Å²) in [5, 5.41) is 5.39. The molecule has 1 aromatic heterocycles. The lowest BCUT2D eigenvalue weighted by molar-refractivity contribution is -0.173. The Morgan fingerprint density at radius 2 is 1.62 bits per heavy atom. The highest BCUT2D eigenvalue weighted by atomic mass is 16.7. The van der Waals surface area contributed by atoms with Crippen LogP contribution >= 0.6 is 0 Å². The molecular formula is C23H32N6O5. The van der Waals surface area contributed by atoms with E-state index in [4.69, 9.17) is 9.94 Å². The first kappa shape index (κ1) is 22.8. The molecular weight excluding hydrogens is 440 g/mol. The predicted molar refractivity (Wildman–Crippen MR) is 119 cm³/mol. The molecule has 11 nitrogen and oxygen atoms in total. The van der Waals surface area contributed by atoms with Crippen LogP contribution in [0.25, 0.3) is 0 Å². The first-order chi connectivity index (χ1) is 16.3. The Hall–Kier alpha value is -2.95. The lowest BCUT2D eigenvalue weighted by Crippen LogP contribution is -2.40. The molecule has 11 heteroatoms.